The molecule has 3 rings (SSSR count). The Bertz CT molecular complexity index is 828. The highest BCUT2D eigenvalue weighted by molar-refractivity contribution is 9.10. The van der Waals surface area contributed by atoms with Crippen molar-refractivity contribution in [2.45, 2.75) is 26.7 Å². The van der Waals surface area contributed by atoms with E-state index in [9.17, 15) is 4.39 Å². The lowest BCUT2D eigenvalue weighted by atomic mass is 10.1. The van der Waals surface area contributed by atoms with Crippen LogP contribution in [0.4, 0.5) is 10.2 Å². The quantitative estimate of drug-likeness (QED) is 0.649. The molecule has 0 unspecified atom stereocenters. The third-order valence-electron chi connectivity index (χ3n) is 3.82. The molecule has 6 heteroatoms. The molecule has 2 heterocycles. The fraction of sp³-hybridized carbons (Fsp3) is 0.294. The van der Waals surface area contributed by atoms with Crippen molar-refractivity contribution in [1.29, 1.82) is 0 Å². The summed E-state index contributed by atoms with van der Waals surface area (Å²) in [7, 11) is 0. The summed E-state index contributed by atoms with van der Waals surface area (Å²) >= 11 is 3.19. The number of anilines is 1. The van der Waals surface area contributed by atoms with E-state index in [0.717, 1.165) is 42.0 Å². The highest BCUT2D eigenvalue weighted by Crippen LogP contribution is 2.23. The molecule has 2 aromatic heterocycles. The first-order valence-corrected chi connectivity index (χ1v) is 8.25. The van der Waals surface area contributed by atoms with E-state index in [1.807, 2.05) is 26.0 Å². The molecule has 1 aromatic carbocycles. The van der Waals surface area contributed by atoms with Gasteiger partial charge in [0.2, 0.25) is 0 Å². The van der Waals surface area contributed by atoms with E-state index in [0.29, 0.717) is 9.99 Å². The first kappa shape index (κ1) is 15.9. The van der Waals surface area contributed by atoms with Crippen molar-refractivity contribution in [3.8, 4) is 0 Å². The van der Waals surface area contributed by atoms with Gasteiger partial charge in [0.25, 0.3) is 0 Å². The number of hydrogen-bond acceptors (Lipinski definition) is 4. The maximum absolute atomic E-state index is 13.6. The third kappa shape index (κ3) is 3.52. The van der Waals surface area contributed by atoms with Crippen LogP contribution in [0, 0.1) is 19.7 Å². The molecule has 0 aliphatic rings. The van der Waals surface area contributed by atoms with Gasteiger partial charge in [0.05, 0.1) is 15.7 Å². The third-order valence-corrected chi connectivity index (χ3v) is 4.43. The van der Waals surface area contributed by atoms with Gasteiger partial charge in [0, 0.05) is 23.6 Å². The summed E-state index contributed by atoms with van der Waals surface area (Å²) in [5.74, 6) is 1.32. The van der Waals surface area contributed by atoms with Gasteiger partial charge in [-0.25, -0.2) is 9.37 Å². The van der Waals surface area contributed by atoms with E-state index in [4.69, 9.17) is 4.52 Å². The molecule has 0 saturated carbocycles. The molecule has 0 aliphatic carbocycles. The molecular weight excluding hydrogens is 361 g/mol. The minimum Gasteiger partial charge on any atom is -0.370 e. The number of aromatic nitrogens is 2. The van der Waals surface area contributed by atoms with Crippen LogP contribution in [0.1, 0.15) is 23.4 Å². The smallest absolute Gasteiger partial charge is 0.139 e. The number of hydrogen-bond donors (Lipinski definition) is 1. The molecule has 1 N–H and O–H groups in total. The highest BCUT2D eigenvalue weighted by atomic mass is 79.9. The van der Waals surface area contributed by atoms with Gasteiger partial charge >= 0.3 is 0 Å². The molecule has 120 valence electrons. The first-order valence-electron chi connectivity index (χ1n) is 7.46. The fourth-order valence-corrected chi connectivity index (χ4v) is 2.92. The number of aryl methyl sites for hydroxylation is 2. The van der Waals surface area contributed by atoms with Crippen LogP contribution in [0.2, 0.25) is 0 Å². The summed E-state index contributed by atoms with van der Waals surface area (Å²) in [6, 6.07) is 7.01. The number of nitrogens with zero attached hydrogens (tertiary/aromatic N) is 2. The Labute approximate surface area is 142 Å². The molecular formula is C17H17BrFN3O. The van der Waals surface area contributed by atoms with Gasteiger partial charge in [0.15, 0.2) is 0 Å². The predicted octanol–water partition coefficient (Wildman–Crippen LogP) is 4.79. The number of halogens is 2. The van der Waals surface area contributed by atoms with Crippen LogP contribution < -0.4 is 5.32 Å². The molecule has 4 nitrogen and oxygen atoms in total. The molecule has 0 fully saturated rings. The minimum atomic E-state index is -0.305. The number of benzene rings is 1. The fourth-order valence-electron chi connectivity index (χ4n) is 2.56. The van der Waals surface area contributed by atoms with Crippen LogP contribution in [0.5, 0.6) is 0 Å². The number of rotatable bonds is 5. The lowest BCUT2D eigenvalue weighted by Gasteiger charge is -2.07. The van der Waals surface area contributed by atoms with Gasteiger partial charge < -0.3 is 9.84 Å². The lowest BCUT2D eigenvalue weighted by molar-refractivity contribution is 0.392. The Morgan fingerprint density at radius 1 is 1.26 bits per heavy atom. The van der Waals surface area contributed by atoms with E-state index in [2.05, 4.69) is 31.4 Å². The van der Waals surface area contributed by atoms with Crippen molar-refractivity contribution < 1.29 is 8.91 Å². The topological polar surface area (TPSA) is 51.0 Å². The van der Waals surface area contributed by atoms with Gasteiger partial charge in [-0.3, -0.25) is 0 Å². The van der Waals surface area contributed by atoms with Crippen molar-refractivity contribution in [2.24, 2.45) is 0 Å². The second kappa shape index (κ2) is 6.66. The summed E-state index contributed by atoms with van der Waals surface area (Å²) in [6.45, 7) is 4.67. The van der Waals surface area contributed by atoms with E-state index >= 15 is 0 Å². The largest absolute Gasteiger partial charge is 0.370 e. The van der Waals surface area contributed by atoms with Crippen LogP contribution in [-0.4, -0.2) is 16.7 Å². The van der Waals surface area contributed by atoms with E-state index in [1.54, 1.807) is 6.07 Å². The molecule has 0 atom stereocenters. The van der Waals surface area contributed by atoms with Crippen LogP contribution in [0.3, 0.4) is 0 Å². The standard InChI is InChI=1S/C17H17BrFN3O/c1-10-13(11(2)23-22-10)4-3-7-20-17-6-5-12-8-14(18)15(19)9-16(12)21-17/h5-6,8-9H,3-4,7H2,1-2H3,(H,20,21). The summed E-state index contributed by atoms with van der Waals surface area (Å²) in [4.78, 5) is 4.44. The van der Waals surface area contributed by atoms with Crippen LogP contribution in [-0.2, 0) is 6.42 Å². The van der Waals surface area contributed by atoms with Crippen molar-refractivity contribution in [1.82, 2.24) is 10.1 Å². The predicted molar refractivity (Wildman–Crippen MR) is 92.2 cm³/mol. The summed E-state index contributed by atoms with van der Waals surface area (Å²) < 4.78 is 19.2. The van der Waals surface area contributed by atoms with Gasteiger partial charge in [-0.2, -0.15) is 0 Å². The van der Waals surface area contributed by atoms with E-state index in [-0.39, 0.29) is 5.82 Å². The van der Waals surface area contributed by atoms with Crippen molar-refractivity contribution in [3.05, 3.63) is 51.6 Å². The monoisotopic (exact) mass is 377 g/mol. The number of pyridine rings is 1. The minimum absolute atomic E-state index is 0.305. The Hall–Kier alpha value is -1.95. The zero-order chi connectivity index (χ0) is 16.4. The van der Waals surface area contributed by atoms with Crippen LogP contribution in [0.15, 0.2) is 33.3 Å². The molecule has 0 spiro atoms. The van der Waals surface area contributed by atoms with Crippen LogP contribution >= 0.6 is 15.9 Å². The molecule has 0 radical (unpaired) electrons. The van der Waals surface area contributed by atoms with Crippen molar-refractivity contribution in [3.63, 3.8) is 0 Å². The average molecular weight is 378 g/mol. The van der Waals surface area contributed by atoms with Gasteiger partial charge in [0.1, 0.15) is 17.4 Å². The Balaban J connectivity index is 1.62. The maximum Gasteiger partial charge on any atom is 0.139 e. The molecule has 0 bridgehead atoms. The second-order valence-electron chi connectivity index (χ2n) is 5.49. The highest BCUT2D eigenvalue weighted by Gasteiger charge is 2.08. The van der Waals surface area contributed by atoms with Gasteiger partial charge in [-0.15, -0.1) is 0 Å². The maximum atomic E-state index is 13.6. The number of fused-ring (bicyclic) bond motifs is 1. The molecule has 23 heavy (non-hydrogen) atoms. The van der Waals surface area contributed by atoms with Crippen LogP contribution in [0.25, 0.3) is 10.9 Å². The SMILES string of the molecule is Cc1noc(C)c1CCCNc1ccc2cc(Br)c(F)cc2n1. The van der Waals surface area contributed by atoms with Crippen molar-refractivity contribution in [2.75, 3.05) is 11.9 Å². The van der Waals surface area contributed by atoms with Crippen molar-refractivity contribution >= 4 is 32.7 Å². The van der Waals surface area contributed by atoms with Gasteiger partial charge in [-0.05, 0) is 60.8 Å². The van der Waals surface area contributed by atoms with E-state index in [1.165, 1.54) is 11.6 Å². The normalized spacial score (nSPS) is 11.1. The summed E-state index contributed by atoms with van der Waals surface area (Å²) in [6.07, 6.45) is 1.85. The number of nitrogens with one attached hydrogen (secondary N) is 1. The average Bonchev–Trinajstić information content (AvgIpc) is 2.84. The van der Waals surface area contributed by atoms with E-state index < -0.39 is 0 Å². The molecule has 0 saturated heterocycles. The molecule has 0 aliphatic heterocycles. The lowest BCUT2D eigenvalue weighted by Crippen LogP contribution is -2.05. The first-order chi connectivity index (χ1) is 11.0. The van der Waals surface area contributed by atoms with Gasteiger partial charge in [-0.1, -0.05) is 5.16 Å². The summed E-state index contributed by atoms with van der Waals surface area (Å²) in [5.41, 5.74) is 2.76. The Morgan fingerprint density at radius 2 is 2.09 bits per heavy atom. The molecule has 0 amide bonds. The Morgan fingerprint density at radius 3 is 2.83 bits per heavy atom. The summed E-state index contributed by atoms with van der Waals surface area (Å²) in [5, 5.41) is 8.13. The second-order valence-corrected chi connectivity index (χ2v) is 6.34. The zero-order valence-corrected chi connectivity index (χ0v) is 14.6. The Kier molecular flexibility index (Phi) is 4.61. The zero-order valence-electron chi connectivity index (χ0n) is 13.0. The molecule has 3 aromatic rings.